The zero-order chi connectivity index (χ0) is 16.8. The Hall–Kier alpha value is -1.40. The van der Waals surface area contributed by atoms with Crippen LogP contribution in [0, 0.1) is 9.49 Å². The molecule has 0 aromatic heterocycles. The monoisotopic (exact) mass is 434 g/mol. The normalized spacial score (nSPS) is 18.3. The molecule has 0 spiro atoms. The molecule has 1 N–H and O–H groups in total. The van der Waals surface area contributed by atoms with Crippen molar-refractivity contribution < 1.29 is 4.79 Å². The molecule has 1 unspecified atom stereocenters. The number of nitrogens with one attached hydrogen (secondary N) is 1. The van der Waals surface area contributed by atoms with E-state index in [2.05, 4.69) is 63.1 Å². The molecule has 1 fully saturated rings. The van der Waals surface area contributed by atoms with Crippen molar-refractivity contribution in [1.82, 2.24) is 10.2 Å². The maximum absolute atomic E-state index is 12.2. The minimum Gasteiger partial charge on any atom is -0.352 e. The number of likely N-dealkylation sites (tertiary alicyclic amines) is 1. The van der Waals surface area contributed by atoms with E-state index < -0.39 is 0 Å². The SMILES string of the molecule is O=C(NCC1CCCN(Cc2ccccc2)C1)c1ccc(I)cc1. The molecule has 1 heterocycles. The van der Waals surface area contributed by atoms with Gasteiger partial charge in [-0.05, 0) is 77.7 Å². The van der Waals surface area contributed by atoms with Gasteiger partial charge in [-0.3, -0.25) is 9.69 Å². The summed E-state index contributed by atoms with van der Waals surface area (Å²) in [6.45, 7) is 3.97. The van der Waals surface area contributed by atoms with Crippen LogP contribution in [0.1, 0.15) is 28.8 Å². The zero-order valence-corrected chi connectivity index (χ0v) is 15.9. The van der Waals surface area contributed by atoms with Crippen LogP contribution in [0.4, 0.5) is 0 Å². The predicted molar refractivity (Wildman–Crippen MR) is 106 cm³/mol. The van der Waals surface area contributed by atoms with Gasteiger partial charge in [0.25, 0.3) is 5.91 Å². The van der Waals surface area contributed by atoms with Crippen molar-refractivity contribution in [3.8, 4) is 0 Å². The van der Waals surface area contributed by atoms with Gasteiger partial charge in [0, 0.05) is 28.8 Å². The van der Waals surface area contributed by atoms with Crippen LogP contribution in [0.3, 0.4) is 0 Å². The summed E-state index contributed by atoms with van der Waals surface area (Å²) in [7, 11) is 0. The highest BCUT2D eigenvalue weighted by Gasteiger charge is 2.20. The summed E-state index contributed by atoms with van der Waals surface area (Å²) in [6.07, 6.45) is 2.40. The molecule has 1 saturated heterocycles. The molecule has 4 heteroatoms. The Morgan fingerprint density at radius 3 is 2.62 bits per heavy atom. The molecule has 2 aromatic rings. The largest absolute Gasteiger partial charge is 0.352 e. The number of rotatable bonds is 5. The van der Waals surface area contributed by atoms with Crippen molar-refractivity contribution in [3.63, 3.8) is 0 Å². The van der Waals surface area contributed by atoms with E-state index in [1.54, 1.807) is 0 Å². The first-order valence-corrected chi connectivity index (χ1v) is 9.58. The molecule has 3 nitrogen and oxygen atoms in total. The molecule has 1 aliphatic rings. The van der Waals surface area contributed by atoms with Crippen molar-refractivity contribution >= 4 is 28.5 Å². The first-order chi connectivity index (χ1) is 11.7. The summed E-state index contributed by atoms with van der Waals surface area (Å²) in [6, 6.07) is 18.3. The van der Waals surface area contributed by atoms with Crippen molar-refractivity contribution in [2.24, 2.45) is 5.92 Å². The first kappa shape index (κ1) is 17.4. The molecule has 1 amide bonds. The van der Waals surface area contributed by atoms with E-state index >= 15 is 0 Å². The average Bonchev–Trinajstić information content (AvgIpc) is 2.61. The van der Waals surface area contributed by atoms with Crippen LogP contribution in [-0.2, 0) is 6.54 Å². The molecular formula is C20H23IN2O. The van der Waals surface area contributed by atoms with Crippen LogP contribution < -0.4 is 5.32 Å². The minimum atomic E-state index is 0.0339. The van der Waals surface area contributed by atoms with Crippen molar-refractivity contribution in [2.45, 2.75) is 19.4 Å². The fourth-order valence-corrected chi connectivity index (χ4v) is 3.60. The lowest BCUT2D eigenvalue weighted by Crippen LogP contribution is -2.40. The van der Waals surface area contributed by atoms with Crippen LogP contribution in [0.15, 0.2) is 54.6 Å². The number of hydrogen-bond acceptors (Lipinski definition) is 2. The van der Waals surface area contributed by atoms with E-state index in [0.29, 0.717) is 5.92 Å². The van der Waals surface area contributed by atoms with Crippen molar-refractivity contribution in [2.75, 3.05) is 19.6 Å². The number of hydrogen-bond donors (Lipinski definition) is 1. The molecule has 2 aromatic carbocycles. The number of halogens is 1. The topological polar surface area (TPSA) is 32.3 Å². The van der Waals surface area contributed by atoms with Crippen LogP contribution in [0.25, 0.3) is 0 Å². The summed E-state index contributed by atoms with van der Waals surface area (Å²) in [4.78, 5) is 14.7. The lowest BCUT2D eigenvalue weighted by atomic mass is 9.97. The van der Waals surface area contributed by atoms with Gasteiger partial charge >= 0.3 is 0 Å². The van der Waals surface area contributed by atoms with Crippen LogP contribution in [-0.4, -0.2) is 30.4 Å². The highest BCUT2D eigenvalue weighted by molar-refractivity contribution is 14.1. The molecule has 1 aliphatic heterocycles. The van der Waals surface area contributed by atoms with Gasteiger partial charge in [-0.2, -0.15) is 0 Å². The molecule has 3 rings (SSSR count). The fourth-order valence-electron chi connectivity index (χ4n) is 3.24. The number of benzene rings is 2. The molecule has 1 atom stereocenters. The second-order valence-electron chi connectivity index (χ2n) is 6.45. The Kier molecular flexibility index (Phi) is 6.26. The Labute approximate surface area is 157 Å². The number of piperidine rings is 1. The number of nitrogens with zero attached hydrogens (tertiary/aromatic N) is 1. The number of carbonyl (C=O) groups excluding carboxylic acids is 1. The molecule has 126 valence electrons. The van der Waals surface area contributed by atoms with Gasteiger partial charge in [0.1, 0.15) is 0 Å². The third-order valence-electron chi connectivity index (χ3n) is 4.51. The zero-order valence-electron chi connectivity index (χ0n) is 13.7. The van der Waals surface area contributed by atoms with Gasteiger partial charge in [-0.25, -0.2) is 0 Å². The maximum Gasteiger partial charge on any atom is 0.251 e. The van der Waals surface area contributed by atoms with Gasteiger partial charge in [0.2, 0.25) is 0 Å². The Bertz CT molecular complexity index is 657. The molecule has 24 heavy (non-hydrogen) atoms. The molecule has 0 aliphatic carbocycles. The van der Waals surface area contributed by atoms with Gasteiger partial charge in [-0.1, -0.05) is 30.3 Å². The molecular weight excluding hydrogens is 411 g/mol. The fraction of sp³-hybridized carbons (Fsp3) is 0.350. The van der Waals surface area contributed by atoms with Crippen LogP contribution >= 0.6 is 22.6 Å². The Balaban J connectivity index is 1.48. The summed E-state index contributed by atoms with van der Waals surface area (Å²) in [5, 5.41) is 3.10. The maximum atomic E-state index is 12.2. The summed E-state index contributed by atoms with van der Waals surface area (Å²) < 4.78 is 1.15. The van der Waals surface area contributed by atoms with Gasteiger partial charge in [-0.15, -0.1) is 0 Å². The molecule has 0 radical (unpaired) electrons. The summed E-state index contributed by atoms with van der Waals surface area (Å²) in [5.74, 6) is 0.571. The van der Waals surface area contributed by atoms with Crippen LogP contribution in [0.5, 0.6) is 0 Å². The van der Waals surface area contributed by atoms with Gasteiger partial charge in [0.05, 0.1) is 0 Å². The third-order valence-corrected chi connectivity index (χ3v) is 5.23. The van der Waals surface area contributed by atoms with Crippen molar-refractivity contribution in [3.05, 3.63) is 69.3 Å². The number of carbonyl (C=O) groups is 1. The first-order valence-electron chi connectivity index (χ1n) is 8.51. The van der Waals surface area contributed by atoms with E-state index in [0.717, 1.165) is 35.3 Å². The standard InChI is InChI=1S/C20H23IN2O/c21-19-10-8-18(9-11-19)20(24)22-13-17-7-4-12-23(15-17)14-16-5-2-1-3-6-16/h1-3,5-6,8-11,17H,4,7,12-15H2,(H,22,24). The summed E-state index contributed by atoms with van der Waals surface area (Å²) in [5.41, 5.74) is 2.11. The smallest absolute Gasteiger partial charge is 0.251 e. The van der Waals surface area contributed by atoms with Crippen molar-refractivity contribution in [1.29, 1.82) is 0 Å². The lowest BCUT2D eigenvalue weighted by Gasteiger charge is -2.32. The minimum absolute atomic E-state index is 0.0339. The predicted octanol–water partition coefficient (Wildman–Crippen LogP) is 3.93. The van der Waals surface area contributed by atoms with E-state index in [9.17, 15) is 4.79 Å². The second kappa shape index (κ2) is 8.62. The summed E-state index contributed by atoms with van der Waals surface area (Å²) >= 11 is 2.25. The molecule has 0 saturated carbocycles. The van der Waals surface area contributed by atoms with E-state index in [-0.39, 0.29) is 5.91 Å². The second-order valence-corrected chi connectivity index (χ2v) is 7.69. The highest BCUT2D eigenvalue weighted by Crippen LogP contribution is 2.18. The third kappa shape index (κ3) is 5.05. The van der Waals surface area contributed by atoms with Crippen LogP contribution in [0.2, 0.25) is 0 Å². The Morgan fingerprint density at radius 1 is 1.12 bits per heavy atom. The number of amides is 1. The lowest BCUT2D eigenvalue weighted by molar-refractivity contribution is 0.0930. The highest BCUT2D eigenvalue weighted by atomic mass is 127. The Morgan fingerprint density at radius 2 is 1.88 bits per heavy atom. The molecule has 0 bridgehead atoms. The van der Waals surface area contributed by atoms with E-state index in [1.165, 1.54) is 18.4 Å². The van der Waals surface area contributed by atoms with Gasteiger partial charge in [0.15, 0.2) is 0 Å². The van der Waals surface area contributed by atoms with E-state index in [4.69, 9.17) is 0 Å². The quantitative estimate of drug-likeness (QED) is 0.724. The van der Waals surface area contributed by atoms with E-state index in [1.807, 2.05) is 24.3 Å². The average molecular weight is 434 g/mol. The van der Waals surface area contributed by atoms with Gasteiger partial charge < -0.3 is 5.32 Å².